The van der Waals surface area contributed by atoms with Crippen LogP contribution in [0.15, 0.2) is 60.0 Å². The monoisotopic (exact) mass is 297 g/mol. The van der Waals surface area contributed by atoms with Crippen LogP contribution in [0.4, 0.5) is 10.1 Å². The van der Waals surface area contributed by atoms with Crippen LogP contribution >= 0.6 is 11.3 Å². The van der Waals surface area contributed by atoms with Crippen LogP contribution in [0.25, 0.3) is 10.4 Å². The molecule has 0 bridgehead atoms. The lowest BCUT2D eigenvalue weighted by molar-refractivity contribution is 0.612. The molecule has 21 heavy (non-hydrogen) atoms. The van der Waals surface area contributed by atoms with Gasteiger partial charge in [-0.2, -0.15) is 0 Å². The lowest BCUT2D eigenvalue weighted by Gasteiger charge is -2.12. The van der Waals surface area contributed by atoms with Gasteiger partial charge in [0.15, 0.2) is 0 Å². The highest BCUT2D eigenvalue weighted by Gasteiger charge is 2.07. The SMILES string of the molecule is Cc1ccc(F)c(CNc2ccccc2-c2cccs2)c1. The number of anilines is 1. The van der Waals surface area contributed by atoms with Crippen molar-refractivity contribution in [2.24, 2.45) is 0 Å². The van der Waals surface area contributed by atoms with E-state index in [1.807, 2.05) is 37.3 Å². The Labute approximate surface area is 128 Å². The molecule has 3 rings (SSSR count). The molecule has 0 aliphatic rings. The van der Waals surface area contributed by atoms with Crippen LogP contribution in [0.1, 0.15) is 11.1 Å². The first-order valence-electron chi connectivity index (χ1n) is 6.86. The third-order valence-electron chi connectivity index (χ3n) is 3.38. The number of benzene rings is 2. The Hall–Kier alpha value is -2.13. The molecular formula is C18H16FNS. The van der Waals surface area contributed by atoms with Crippen molar-refractivity contribution in [3.8, 4) is 10.4 Å². The molecule has 106 valence electrons. The fourth-order valence-electron chi connectivity index (χ4n) is 2.31. The highest BCUT2D eigenvalue weighted by molar-refractivity contribution is 7.13. The van der Waals surface area contributed by atoms with Gasteiger partial charge >= 0.3 is 0 Å². The van der Waals surface area contributed by atoms with Crippen LogP contribution in [-0.2, 0) is 6.54 Å². The topological polar surface area (TPSA) is 12.0 Å². The van der Waals surface area contributed by atoms with E-state index in [0.29, 0.717) is 12.1 Å². The molecule has 1 N–H and O–H groups in total. The van der Waals surface area contributed by atoms with E-state index in [0.717, 1.165) is 16.8 Å². The largest absolute Gasteiger partial charge is 0.380 e. The van der Waals surface area contributed by atoms with Crippen molar-refractivity contribution in [2.45, 2.75) is 13.5 Å². The summed E-state index contributed by atoms with van der Waals surface area (Å²) in [4.78, 5) is 1.21. The lowest BCUT2D eigenvalue weighted by Crippen LogP contribution is -2.03. The molecule has 0 amide bonds. The van der Waals surface area contributed by atoms with Gasteiger partial charge in [0.2, 0.25) is 0 Å². The molecule has 0 saturated carbocycles. The van der Waals surface area contributed by atoms with Crippen molar-refractivity contribution in [1.29, 1.82) is 0 Å². The van der Waals surface area contributed by atoms with Gasteiger partial charge < -0.3 is 5.32 Å². The van der Waals surface area contributed by atoms with Crippen LogP contribution in [0, 0.1) is 12.7 Å². The summed E-state index contributed by atoms with van der Waals surface area (Å²) in [5, 5.41) is 5.41. The van der Waals surface area contributed by atoms with Crippen molar-refractivity contribution >= 4 is 17.0 Å². The number of hydrogen-bond donors (Lipinski definition) is 1. The third kappa shape index (κ3) is 3.14. The molecule has 0 spiro atoms. The second kappa shape index (κ2) is 6.10. The third-order valence-corrected chi connectivity index (χ3v) is 4.29. The Kier molecular flexibility index (Phi) is 4.02. The second-order valence-corrected chi connectivity index (χ2v) is 5.92. The summed E-state index contributed by atoms with van der Waals surface area (Å²) >= 11 is 1.70. The van der Waals surface area contributed by atoms with E-state index in [-0.39, 0.29) is 5.82 Å². The maximum absolute atomic E-state index is 13.8. The van der Waals surface area contributed by atoms with Crippen LogP contribution < -0.4 is 5.32 Å². The Balaban J connectivity index is 1.84. The van der Waals surface area contributed by atoms with Crippen molar-refractivity contribution < 1.29 is 4.39 Å². The predicted octanol–water partition coefficient (Wildman–Crippen LogP) is 5.47. The summed E-state index contributed by atoms with van der Waals surface area (Å²) in [5.41, 5.74) is 3.94. The molecule has 3 aromatic rings. The van der Waals surface area contributed by atoms with E-state index in [4.69, 9.17) is 0 Å². The average Bonchev–Trinajstić information content (AvgIpc) is 3.03. The molecule has 2 aromatic carbocycles. The molecule has 0 atom stereocenters. The molecule has 0 aliphatic carbocycles. The number of para-hydroxylation sites is 1. The first kappa shape index (κ1) is 13.8. The Morgan fingerprint density at radius 1 is 1.05 bits per heavy atom. The van der Waals surface area contributed by atoms with Gasteiger partial charge in [-0.05, 0) is 30.5 Å². The van der Waals surface area contributed by atoms with Gasteiger partial charge in [-0.1, -0.05) is 42.0 Å². The molecule has 1 aromatic heterocycles. The zero-order valence-corrected chi connectivity index (χ0v) is 12.6. The maximum atomic E-state index is 13.8. The van der Waals surface area contributed by atoms with E-state index in [9.17, 15) is 4.39 Å². The van der Waals surface area contributed by atoms with Crippen molar-refractivity contribution in [3.63, 3.8) is 0 Å². The summed E-state index contributed by atoms with van der Waals surface area (Å²) in [6.07, 6.45) is 0. The van der Waals surface area contributed by atoms with Gasteiger partial charge in [-0.3, -0.25) is 0 Å². The number of hydrogen-bond acceptors (Lipinski definition) is 2. The molecule has 3 heteroatoms. The standard InChI is InChI=1S/C18H16FNS/c1-13-8-9-16(19)14(11-13)12-20-17-6-3-2-5-15(17)18-7-4-10-21-18/h2-11,20H,12H2,1H3. The number of aryl methyl sites for hydroxylation is 1. The molecule has 0 aliphatic heterocycles. The summed E-state index contributed by atoms with van der Waals surface area (Å²) in [6.45, 7) is 2.46. The van der Waals surface area contributed by atoms with E-state index in [2.05, 4.69) is 22.8 Å². The highest BCUT2D eigenvalue weighted by Crippen LogP contribution is 2.31. The van der Waals surface area contributed by atoms with E-state index < -0.39 is 0 Å². The quantitative estimate of drug-likeness (QED) is 0.673. The Morgan fingerprint density at radius 2 is 1.90 bits per heavy atom. The van der Waals surface area contributed by atoms with Crippen LogP contribution in [-0.4, -0.2) is 0 Å². The summed E-state index contributed by atoms with van der Waals surface area (Å²) in [7, 11) is 0. The Morgan fingerprint density at radius 3 is 2.71 bits per heavy atom. The first-order valence-corrected chi connectivity index (χ1v) is 7.74. The fourth-order valence-corrected chi connectivity index (χ4v) is 3.08. The second-order valence-electron chi connectivity index (χ2n) is 4.97. The fraction of sp³-hybridized carbons (Fsp3) is 0.111. The zero-order chi connectivity index (χ0) is 14.7. The smallest absolute Gasteiger partial charge is 0.128 e. The molecule has 0 saturated heterocycles. The molecule has 1 nitrogen and oxygen atoms in total. The molecule has 0 radical (unpaired) electrons. The van der Waals surface area contributed by atoms with Gasteiger partial charge in [-0.15, -0.1) is 11.3 Å². The highest BCUT2D eigenvalue weighted by atomic mass is 32.1. The minimum absolute atomic E-state index is 0.165. The van der Waals surface area contributed by atoms with Gasteiger partial charge in [0, 0.05) is 28.2 Å². The van der Waals surface area contributed by atoms with Gasteiger partial charge in [-0.25, -0.2) is 4.39 Å². The van der Waals surface area contributed by atoms with Crippen molar-refractivity contribution in [3.05, 3.63) is 76.9 Å². The van der Waals surface area contributed by atoms with Crippen LogP contribution in [0.3, 0.4) is 0 Å². The van der Waals surface area contributed by atoms with Crippen LogP contribution in [0.5, 0.6) is 0 Å². The minimum Gasteiger partial charge on any atom is -0.380 e. The van der Waals surface area contributed by atoms with Crippen molar-refractivity contribution in [2.75, 3.05) is 5.32 Å². The summed E-state index contributed by atoms with van der Waals surface area (Å²) in [5.74, 6) is -0.165. The molecule has 0 fully saturated rings. The van der Waals surface area contributed by atoms with E-state index >= 15 is 0 Å². The molecule has 1 heterocycles. The van der Waals surface area contributed by atoms with Crippen LogP contribution in [0.2, 0.25) is 0 Å². The predicted molar refractivity (Wildman–Crippen MR) is 88.2 cm³/mol. The summed E-state index contributed by atoms with van der Waals surface area (Å²) < 4.78 is 13.8. The first-order chi connectivity index (χ1) is 10.2. The normalized spacial score (nSPS) is 10.6. The molecule has 0 unspecified atom stereocenters. The number of rotatable bonds is 4. The molecular weight excluding hydrogens is 281 g/mol. The number of halogens is 1. The summed E-state index contributed by atoms with van der Waals surface area (Å²) in [6, 6.07) is 17.5. The van der Waals surface area contributed by atoms with Gasteiger partial charge in [0.1, 0.15) is 5.82 Å². The van der Waals surface area contributed by atoms with E-state index in [1.54, 1.807) is 17.4 Å². The van der Waals surface area contributed by atoms with Crippen molar-refractivity contribution in [1.82, 2.24) is 0 Å². The minimum atomic E-state index is -0.165. The number of thiophene rings is 1. The maximum Gasteiger partial charge on any atom is 0.128 e. The Bertz CT molecular complexity index is 735. The van der Waals surface area contributed by atoms with Gasteiger partial charge in [0.25, 0.3) is 0 Å². The number of nitrogens with one attached hydrogen (secondary N) is 1. The van der Waals surface area contributed by atoms with E-state index in [1.165, 1.54) is 10.9 Å². The average molecular weight is 297 g/mol. The lowest BCUT2D eigenvalue weighted by atomic mass is 10.1. The van der Waals surface area contributed by atoms with Gasteiger partial charge in [0.05, 0.1) is 0 Å². The zero-order valence-electron chi connectivity index (χ0n) is 11.8.